The van der Waals surface area contributed by atoms with Gasteiger partial charge in [0.1, 0.15) is 5.82 Å². The van der Waals surface area contributed by atoms with E-state index in [4.69, 9.17) is 4.42 Å². The van der Waals surface area contributed by atoms with Gasteiger partial charge in [-0.15, -0.1) is 0 Å². The summed E-state index contributed by atoms with van der Waals surface area (Å²) in [6.07, 6.45) is 1.26. The molecule has 1 N–H and O–H groups in total. The summed E-state index contributed by atoms with van der Waals surface area (Å²) in [6, 6.07) is 14.3. The lowest BCUT2D eigenvalue weighted by Crippen LogP contribution is -2.57. The first-order valence-corrected chi connectivity index (χ1v) is 12.7. The predicted octanol–water partition coefficient (Wildman–Crippen LogP) is 2.24. The maximum absolute atomic E-state index is 14.0. The lowest BCUT2D eigenvalue weighted by Gasteiger charge is -2.36. The summed E-state index contributed by atoms with van der Waals surface area (Å²) in [5, 5.41) is 0.385. The van der Waals surface area contributed by atoms with Crippen LogP contribution in [0.4, 0.5) is 4.39 Å². The Kier molecular flexibility index (Phi) is 7.20. The van der Waals surface area contributed by atoms with E-state index in [1.165, 1.54) is 58.5 Å². The number of halogens is 1. The van der Waals surface area contributed by atoms with Gasteiger partial charge in [-0.2, -0.15) is 0 Å². The SMILES string of the molecule is Cc1ccc(S(=O)(=O)[C@@H](NC(=O)c2ccco2)C(=O)N2CCN(C(=O)c3ccccc3F)CC2)cc1. The first-order valence-electron chi connectivity index (χ1n) is 11.2. The molecule has 2 aromatic carbocycles. The molecule has 3 aromatic rings. The van der Waals surface area contributed by atoms with E-state index in [-0.39, 0.29) is 42.4 Å². The van der Waals surface area contributed by atoms with Crippen LogP contribution in [0, 0.1) is 12.7 Å². The van der Waals surface area contributed by atoms with Crippen molar-refractivity contribution in [2.45, 2.75) is 17.2 Å². The summed E-state index contributed by atoms with van der Waals surface area (Å²) >= 11 is 0. The minimum atomic E-state index is -4.33. The van der Waals surface area contributed by atoms with Gasteiger partial charge in [-0.25, -0.2) is 12.8 Å². The molecule has 0 saturated carbocycles. The number of amides is 3. The van der Waals surface area contributed by atoms with Crippen LogP contribution in [0.15, 0.2) is 76.2 Å². The molecule has 3 amide bonds. The molecule has 0 aliphatic carbocycles. The van der Waals surface area contributed by atoms with E-state index in [9.17, 15) is 27.2 Å². The monoisotopic (exact) mass is 513 g/mol. The van der Waals surface area contributed by atoms with Crippen LogP contribution >= 0.6 is 0 Å². The molecule has 1 aliphatic heterocycles. The van der Waals surface area contributed by atoms with Crippen molar-refractivity contribution in [3.63, 3.8) is 0 Å². The topological polar surface area (TPSA) is 117 Å². The highest BCUT2D eigenvalue weighted by molar-refractivity contribution is 7.92. The Morgan fingerprint density at radius 2 is 1.56 bits per heavy atom. The number of furan rings is 1. The number of nitrogens with one attached hydrogen (secondary N) is 1. The van der Waals surface area contributed by atoms with Crippen LogP contribution in [0.2, 0.25) is 0 Å². The molecule has 9 nitrogen and oxygen atoms in total. The number of hydrogen-bond acceptors (Lipinski definition) is 6. The Balaban J connectivity index is 1.54. The van der Waals surface area contributed by atoms with Gasteiger partial charge in [-0.1, -0.05) is 29.8 Å². The summed E-state index contributed by atoms with van der Waals surface area (Å²) in [4.78, 5) is 41.3. The summed E-state index contributed by atoms with van der Waals surface area (Å²) < 4.78 is 45.9. The fourth-order valence-corrected chi connectivity index (χ4v) is 5.30. The Bertz CT molecular complexity index is 1370. The molecule has 11 heteroatoms. The third-order valence-electron chi connectivity index (χ3n) is 5.87. The van der Waals surface area contributed by atoms with E-state index in [1.807, 2.05) is 0 Å². The Labute approximate surface area is 207 Å². The lowest BCUT2D eigenvalue weighted by molar-refractivity contribution is -0.132. The molecule has 36 heavy (non-hydrogen) atoms. The number of hydrogen-bond donors (Lipinski definition) is 1. The zero-order chi connectivity index (χ0) is 25.9. The average molecular weight is 514 g/mol. The maximum Gasteiger partial charge on any atom is 0.288 e. The number of benzene rings is 2. The molecule has 0 radical (unpaired) electrons. The molecular formula is C25H24FN3O6S. The molecule has 0 bridgehead atoms. The largest absolute Gasteiger partial charge is 0.459 e. The quantitative estimate of drug-likeness (QED) is 0.540. The zero-order valence-electron chi connectivity index (χ0n) is 19.4. The Hall–Kier alpha value is -3.99. The molecule has 4 rings (SSSR count). The fourth-order valence-electron chi connectivity index (χ4n) is 3.83. The van der Waals surface area contributed by atoms with Crippen molar-refractivity contribution in [3.05, 3.63) is 89.6 Å². The molecule has 188 valence electrons. The predicted molar refractivity (Wildman–Crippen MR) is 127 cm³/mol. The fraction of sp³-hybridized carbons (Fsp3) is 0.240. The molecule has 1 saturated heterocycles. The highest BCUT2D eigenvalue weighted by Gasteiger charge is 2.40. The van der Waals surface area contributed by atoms with Gasteiger partial charge in [0, 0.05) is 26.2 Å². The third-order valence-corrected chi connectivity index (χ3v) is 7.74. The van der Waals surface area contributed by atoms with Crippen LogP contribution in [-0.2, 0) is 14.6 Å². The minimum Gasteiger partial charge on any atom is -0.459 e. The number of carbonyl (C=O) groups is 3. The number of piperazine rings is 1. The van der Waals surface area contributed by atoms with Crippen LogP contribution < -0.4 is 5.32 Å². The van der Waals surface area contributed by atoms with Gasteiger partial charge in [0.25, 0.3) is 17.7 Å². The zero-order valence-corrected chi connectivity index (χ0v) is 20.2. The maximum atomic E-state index is 14.0. The number of rotatable bonds is 6. The van der Waals surface area contributed by atoms with Crippen molar-refractivity contribution in [3.8, 4) is 0 Å². The summed E-state index contributed by atoms with van der Waals surface area (Å²) in [6.45, 7) is 1.95. The van der Waals surface area contributed by atoms with E-state index >= 15 is 0 Å². The highest BCUT2D eigenvalue weighted by atomic mass is 32.2. The molecule has 2 heterocycles. The van der Waals surface area contributed by atoms with Crippen LogP contribution in [0.1, 0.15) is 26.5 Å². The molecule has 1 fully saturated rings. The first kappa shape index (κ1) is 25.1. The van der Waals surface area contributed by atoms with Gasteiger partial charge in [-0.05, 0) is 43.3 Å². The van der Waals surface area contributed by atoms with E-state index < -0.39 is 38.7 Å². The standard InChI is InChI=1S/C25H24FN3O6S/c1-17-8-10-18(11-9-17)36(33,34)23(27-22(30)21-7-4-16-35-21)25(32)29-14-12-28(13-15-29)24(31)19-5-2-3-6-20(19)26/h2-11,16,23H,12-15H2,1H3,(H,27,30)/t23-/m1/s1. The summed E-state index contributed by atoms with van der Waals surface area (Å²) in [7, 11) is -4.33. The van der Waals surface area contributed by atoms with E-state index in [2.05, 4.69) is 5.32 Å². The normalized spacial score (nSPS) is 14.8. The van der Waals surface area contributed by atoms with Crippen LogP contribution in [0.3, 0.4) is 0 Å². The minimum absolute atomic E-state index is 0.00949. The molecule has 0 spiro atoms. The van der Waals surface area contributed by atoms with Crippen LogP contribution in [0.25, 0.3) is 0 Å². The van der Waals surface area contributed by atoms with Crippen LogP contribution in [0.5, 0.6) is 0 Å². The second-order valence-corrected chi connectivity index (χ2v) is 10.3. The van der Waals surface area contributed by atoms with Gasteiger partial charge in [0.05, 0.1) is 16.7 Å². The molecule has 0 unspecified atom stereocenters. The third kappa shape index (κ3) is 5.15. The molecule has 1 atom stereocenters. The van der Waals surface area contributed by atoms with Crippen molar-refractivity contribution in [1.82, 2.24) is 15.1 Å². The van der Waals surface area contributed by atoms with E-state index in [1.54, 1.807) is 25.1 Å². The number of carbonyl (C=O) groups excluding carboxylic acids is 3. The van der Waals surface area contributed by atoms with Crippen molar-refractivity contribution in [1.29, 1.82) is 0 Å². The summed E-state index contributed by atoms with van der Waals surface area (Å²) in [5.41, 5.74) is 0.745. The van der Waals surface area contributed by atoms with Crippen molar-refractivity contribution in [2.75, 3.05) is 26.2 Å². The Morgan fingerprint density at radius 1 is 0.917 bits per heavy atom. The number of nitrogens with zero attached hydrogens (tertiary/aromatic N) is 2. The van der Waals surface area contributed by atoms with Crippen molar-refractivity contribution >= 4 is 27.6 Å². The molecular weight excluding hydrogens is 489 g/mol. The number of aryl methyl sites for hydroxylation is 1. The van der Waals surface area contributed by atoms with Gasteiger partial charge in [-0.3, -0.25) is 14.4 Å². The second kappa shape index (κ2) is 10.3. The highest BCUT2D eigenvalue weighted by Crippen LogP contribution is 2.20. The second-order valence-electron chi connectivity index (χ2n) is 8.29. The van der Waals surface area contributed by atoms with Crippen molar-refractivity contribution < 1.29 is 31.6 Å². The van der Waals surface area contributed by atoms with Crippen molar-refractivity contribution in [2.24, 2.45) is 0 Å². The van der Waals surface area contributed by atoms with Gasteiger partial charge in [0.15, 0.2) is 5.76 Å². The Morgan fingerprint density at radius 3 is 2.17 bits per heavy atom. The van der Waals surface area contributed by atoms with Gasteiger partial charge >= 0.3 is 0 Å². The van der Waals surface area contributed by atoms with Gasteiger partial charge in [0.2, 0.25) is 15.2 Å². The van der Waals surface area contributed by atoms with E-state index in [0.29, 0.717) is 0 Å². The molecule has 1 aliphatic rings. The average Bonchev–Trinajstić information content (AvgIpc) is 3.42. The summed E-state index contributed by atoms with van der Waals surface area (Å²) in [5.74, 6) is -3.01. The molecule has 1 aromatic heterocycles. The first-order chi connectivity index (χ1) is 17.2. The smallest absolute Gasteiger partial charge is 0.288 e. The van der Waals surface area contributed by atoms with Gasteiger partial charge < -0.3 is 19.5 Å². The number of sulfone groups is 1. The lowest BCUT2D eigenvalue weighted by atomic mass is 10.1. The van der Waals surface area contributed by atoms with Crippen LogP contribution in [-0.4, -0.2) is 67.5 Å². The van der Waals surface area contributed by atoms with E-state index in [0.717, 1.165) is 5.56 Å².